The fraction of sp³-hybridized carbons (Fsp3) is 0.368. The molecule has 1 N–H and O–H groups in total. The molecule has 140 valence electrons. The van der Waals surface area contributed by atoms with Gasteiger partial charge in [0.1, 0.15) is 0 Å². The Bertz CT molecular complexity index is 755. The largest absolute Gasteiger partial charge is 0.493 e. The van der Waals surface area contributed by atoms with Crippen LogP contribution in [0.15, 0.2) is 36.5 Å². The predicted octanol–water partition coefficient (Wildman–Crippen LogP) is 3.25. The molecule has 0 unspecified atom stereocenters. The molecule has 1 atom stereocenters. The standard InChI is InChI=1S/C19H24ClN3O3/c1-13(19(24)22-15-6-5-10-21-18(15)20)23(2)11-9-14-7-8-16(25-3)17(12-14)26-4/h5-8,10,12-13H,9,11H2,1-4H3,(H,22,24)/t13-/m0/s1. The Morgan fingerprint density at radius 1 is 1.27 bits per heavy atom. The van der Waals surface area contributed by atoms with Crippen LogP contribution in [0.2, 0.25) is 5.15 Å². The van der Waals surface area contributed by atoms with Crippen LogP contribution in [-0.4, -0.2) is 49.6 Å². The summed E-state index contributed by atoms with van der Waals surface area (Å²) >= 11 is 5.99. The summed E-state index contributed by atoms with van der Waals surface area (Å²) in [6.07, 6.45) is 2.36. The molecule has 1 amide bonds. The van der Waals surface area contributed by atoms with Crippen molar-refractivity contribution in [2.75, 3.05) is 33.1 Å². The van der Waals surface area contributed by atoms with Gasteiger partial charge in [0, 0.05) is 12.7 Å². The van der Waals surface area contributed by atoms with Crippen molar-refractivity contribution in [2.45, 2.75) is 19.4 Å². The Kier molecular flexibility index (Phi) is 7.24. The number of likely N-dealkylation sites (N-methyl/N-ethyl adjacent to an activating group) is 1. The number of carbonyl (C=O) groups excluding carboxylic acids is 1. The summed E-state index contributed by atoms with van der Waals surface area (Å²) in [6.45, 7) is 2.57. The number of pyridine rings is 1. The number of benzene rings is 1. The molecule has 7 heteroatoms. The van der Waals surface area contributed by atoms with Crippen molar-refractivity contribution in [3.8, 4) is 11.5 Å². The van der Waals surface area contributed by atoms with E-state index in [1.165, 1.54) is 0 Å². The molecule has 26 heavy (non-hydrogen) atoms. The Labute approximate surface area is 159 Å². The summed E-state index contributed by atoms with van der Waals surface area (Å²) in [5, 5.41) is 3.09. The molecular weight excluding hydrogens is 354 g/mol. The molecule has 2 aromatic rings. The van der Waals surface area contributed by atoms with Gasteiger partial charge in [-0.1, -0.05) is 17.7 Å². The highest BCUT2D eigenvalue weighted by atomic mass is 35.5. The molecule has 0 radical (unpaired) electrons. The molecule has 0 aliphatic rings. The van der Waals surface area contributed by atoms with E-state index in [9.17, 15) is 4.79 Å². The number of amides is 1. The van der Waals surface area contributed by atoms with Crippen molar-refractivity contribution in [2.24, 2.45) is 0 Å². The third-order valence-electron chi connectivity index (χ3n) is 4.26. The molecular formula is C19H24ClN3O3. The van der Waals surface area contributed by atoms with Crippen molar-refractivity contribution in [1.29, 1.82) is 0 Å². The molecule has 0 aliphatic carbocycles. The third kappa shape index (κ3) is 5.09. The second kappa shape index (κ2) is 9.40. The highest BCUT2D eigenvalue weighted by Crippen LogP contribution is 2.27. The van der Waals surface area contributed by atoms with Crippen LogP contribution in [0.1, 0.15) is 12.5 Å². The normalized spacial score (nSPS) is 11.9. The minimum Gasteiger partial charge on any atom is -0.493 e. The summed E-state index contributed by atoms with van der Waals surface area (Å²) in [5.74, 6) is 1.27. The first-order valence-corrected chi connectivity index (χ1v) is 8.66. The molecule has 0 saturated heterocycles. The summed E-state index contributed by atoms with van der Waals surface area (Å²) < 4.78 is 10.6. The van der Waals surface area contributed by atoms with Crippen LogP contribution < -0.4 is 14.8 Å². The number of ether oxygens (including phenoxy) is 2. The molecule has 0 saturated carbocycles. The van der Waals surface area contributed by atoms with E-state index in [0.717, 1.165) is 12.0 Å². The highest BCUT2D eigenvalue weighted by Gasteiger charge is 2.19. The highest BCUT2D eigenvalue weighted by molar-refractivity contribution is 6.32. The lowest BCUT2D eigenvalue weighted by Gasteiger charge is -2.24. The molecule has 1 heterocycles. The van der Waals surface area contributed by atoms with Gasteiger partial charge in [-0.25, -0.2) is 4.98 Å². The summed E-state index contributed by atoms with van der Waals surface area (Å²) in [4.78, 5) is 18.4. The van der Waals surface area contributed by atoms with Crippen molar-refractivity contribution in [3.63, 3.8) is 0 Å². The maximum atomic E-state index is 12.4. The second-order valence-corrected chi connectivity index (χ2v) is 6.28. The maximum absolute atomic E-state index is 12.4. The van der Waals surface area contributed by atoms with Crippen LogP contribution in [0.5, 0.6) is 11.5 Å². The lowest BCUT2D eigenvalue weighted by molar-refractivity contribution is -0.120. The van der Waals surface area contributed by atoms with Gasteiger partial charge in [0.2, 0.25) is 5.91 Å². The number of anilines is 1. The fourth-order valence-corrected chi connectivity index (χ4v) is 2.62. The topological polar surface area (TPSA) is 63.7 Å². The first kappa shape index (κ1) is 20.0. The minimum absolute atomic E-state index is 0.130. The van der Waals surface area contributed by atoms with Gasteiger partial charge < -0.3 is 14.8 Å². The predicted molar refractivity (Wildman–Crippen MR) is 103 cm³/mol. The smallest absolute Gasteiger partial charge is 0.241 e. The van der Waals surface area contributed by atoms with Crippen LogP contribution >= 0.6 is 11.6 Å². The van der Waals surface area contributed by atoms with E-state index in [4.69, 9.17) is 21.1 Å². The van der Waals surface area contributed by atoms with Gasteiger partial charge in [0.05, 0.1) is 25.9 Å². The van der Waals surface area contributed by atoms with Crippen molar-refractivity contribution in [1.82, 2.24) is 9.88 Å². The Balaban J connectivity index is 1.93. The summed E-state index contributed by atoms with van der Waals surface area (Å²) in [6, 6.07) is 8.97. The van der Waals surface area contributed by atoms with Crippen LogP contribution in [0.3, 0.4) is 0 Å². The zero-order valence-corrected chi connectivity index (χ0v) is 16.2. The summed E-state index contributed by atoms with van der Waals surface area (Å²) in [7, 11) is 5.14. The first-order chi connectivity index (χ1) is 12.5. The van der Waals surface area contributed by atoms with Crippen LogP contribution in [-0.2, 0) is 11.2 Å². The second-order valence-electron chi connectivity index (χ2n) is 5.93. The zero-order valence-electron chi connectivity index (χ0n) is 15.5. The molecule has 6 nitrogen and oxygen atoms in total. The number of nitrogens with one attached hydrogen (secondary N) is 1. The molecule has 0 aliphatic heterocycles. The quantitative estimate of drug-likeness (QED) is 0.715. The number of nitrogens with zero attached hydrogens (tertiary/aromatic N) is 2. The number of hydrogen-bond acceptors (Lipinski definition) is 5. The number of halogens is 1. The van der Waals surface area contributed by atoms with Crippen molar-refractivity contribution in [3.05, 3.63) is 47.2 Å². The molecule has 1 aromatic heterocycles. The first-order valence-electron chi connectivity index (χ1n) is 8.28. The monoisotopic (exact) mass is 377 g/mol. The third-order valence-corrected chi connectivity index (χ3v) is 4.56. The van der Waals surface area contributed by atoms with Gasteiger partial charge in [-0.05, 0) is 50.2 Å². The van der Waals surface area contributed by atoms with E-state index in [2.05, 4.69) is 10.3 Å². The Morgan fingerprint density at radius 3 is 2.65 bits per heavy atom. The van der Waals surface area contributed by atoms with Gasteiger partial charge in [-0.15, -0.1) is 0 Å². The average molecular weight is 378 g/mol. The number of hydrogen-bond donors (Lipinski definition) is 1. The van der Waals surface area contributed by atoms with Crippen LogP contribution in [0.25, 0.3) is 0 Å². The van der Waals surface area contributed by atoms with E-state index in [-0.39, 0.29) is 17.1 Å². The SMILES string of the molecule is COc1ccc(CCN(C)[C@@H](C)C(=O)Nc2cccnc2Cl)cc1OC. The van der Waals surface area contributed by atoms with Crippen LogP contribution in [0, 0.1) is 0 Å². The minimum atomic E-state index is -0.314. The van der Waals surface area contributed by atoms with Crippen molar-refractivity contribution < 1.29 is 14.3 Å². The lowest BCUT2D eigenvalue weighted by Crippen LogP contribution is -2.40. The van der Waals surface area contributed by atoms with E-state index in [1.807, 2.05) is 37.1 Å². The lowest BCUT2D eigenvalue weighted by atomic mass is 10.1. The number of aromatic nitrogens is 1. The maximum Gasteiger partial charge on any atom is 0.241 e. The van der Waals surface area contributed by atoms with Gasteiger partial charge >= 0.3 is 0 Å². The molecule has 0 spiro atoms. The molecule has 2 rings (SSSR count). The number of methoxy groups -OCH3 is 2. The number of rotatable bonds is 8. The van der Waals surface area contributed by atoms with E-state index in [0.29, 0.717) is 23.7 Å². The van der Waals surface area contributed by atoms with Crippen molar-refractivity contribution >= 4 is 23.2 Å². The van der Waals surface area contributed by atoms with Gasteiger partial charge in [0.15, 0.2) is 16.7 Å². The Morgan fingerprint density at radius 2 is 2.00 bits per heavy atom. The van der Waals surface area contributed by atoms with Gasteiger partial charge in [-0.3, -0.25) is 9.69 Å². The zero-order chi connectivity index (χ0) is 19.1. The molecule has 0 fully saturated rings. The van der Waals surface area contributed by atoms with Gasteiger partial charge in [0.25, 0.3) is 0 Å². The average Bonchev–Trinajstić information content (AvgIpc) is 2.66. The fourth-order valence-electron chi connectivity index (χ4n) is 2.45. The van der Waals surface area contributed by atoms with E-state index in [1.54, 1.807) is 32.5 Å². The number of carbonyl (C=O) groups is 1. The van der Waals surface area contributed by atoms with Gasteiger partial charge in [-0.2, -0.15) is 0 Å². The van der Waals surface area contributed by atoms with E-state index >= 15 is 0 Å². The summed E-state index contributed by atoms with van der Waals surface area (Å²) in [5.41, 5.74) is 1.62. The molecule has 0 bridgehead atoms. The van der Waals surface area contributed by atoms with E-state index < -0.39 is 0 Å². The Hall–Kier alpha value is -2.31. The van der Waals surface area contributed by atoms with Crippen LogP contribution in [0.4, 0.5) is 5.69 Å². The molecule has 1 aromatic carbocycles.